The van der Waals surface area contributed by atoms with Crippen LogP contribution in [0.1, 0.15) is 19.3 Å². The monoisotopic (exact) mass is 530 g/mol. The topological polar surface area (TPSA) is 55.4 Å². The van der Waals surface area contributed by atoms with Crippen LogP contribution in [-0.2, 0) is 0 Å². The number of anilines is 1. The lowest BCUT2D eigenvalue weighted by Gasteiger charge is -2.22. The summed E-state index contributed by atoms with van der Waals surface area (Å²) >= 11 is 0. The molecule has 30 heavy (non-hydrogen) atoms. The molecule has 1 aromatic carbocycles. The van der Waals surface area contributed by atoms with E-state index in [4.69, 9.17) is 4.74 Å². The molecule has 0 radical (unpaired) electrons. The highest BCUT2D eigenvalue weighted by Crippen LogP contribution is 2.30. The number of ether oxygens (including phenoxy) is 1. The van der Waals surface area contributed by atoms with Gasteiger partial charge in [0.05, 0.1) is 12.8 Å². The normalized spacial score (nSPS) is 21.1. The molecule has 2 saturated heterocycles. The molecule has 0 aromatic heterocycles. The Bertz CT molecular complexity index is 658. The van der Waals surface area contributed by atoms with Gasteiger partial charge in [0.15, 0.2) is 5.96 Å². The van der Waals surface area contributed by atoms with Gasteiger partial charge in [-0.15, -0.1) is 24.0 Å². The van der Waals surface area contributed by atoms with Crippen molar-refractivity contribution >= 4 is 35.6 Å². The van der Waals surface area contributed by atoms with Crippen molar-refractivity contribution in [1.29, 1.82) is 0 Å². The van der Waals surface area contributed by atoms with E-state index in [0.29, 0.717) is 6.04 Å². The van der Waals surface area contributed by atoms with Crippen molar-refractivity contribution in [1.82, 2.24) is 20.4 Å². The molecule has 2 aliphatic heterocycles. The number of hydrogen-bond donors (Lipinski definition) is 2. The molecule has 0 amide bonds. The number of methoxy groups -OCH3 is 1. The van der Waals surface area contributed by atoms with E-state index < -0.39 is 0 Å². The van der Waals surface area contributed by atoms with Crippen LogP contribution in [0.2, 0.25) is 0 Å². The van der Waals surface area contributed by atoms with E-state index in [9.17, 15) is 0 Å². The predicted molar refractivity (Wildman–Crippen MR) is 137 cm³/mol. The summed E-state index contributed by atoms with van der Waals surface area (Å²) < 4.78 is 5.52. The number of para-hydroxylation sites is 2. The van der Waals surface area contributed by atoms with Crippen molar-refractivity contribution in [2.45, 2.75) is 25.3 Å². The first-order chi connectivity index (χ1) is 14.2. The van der Waals surface area contributed by atoms with Gasteiger partial charge in [0.25, 0.3) is 0 Å². The van der Waals surface area contributed by atoms with E-state index in [-0.39, 0.29) is 24.0 Å². The molecule has 1 unspecified atom stereocenters. The first-order valence-corrected chi connectivity index (χ1v) is 11.0. The Labute approximate surface area is 199 Å². The zero-order chi connectivity index (χ0) is 20.5. The first-order valence-electron chi connectivity index (χ1n) is 11.0. The summed E-state index contributed by atoms with van der Waals surface area (Å²) in [6.45, 7) is 8.90. The molecule has 0 saturated carbocycles. The minimum absolute atomic E-state index is 0. The third-order valence-electron chi connectivity index (χ3n) is 5.93. The van der Waals surface area contributed by atoms with Gasteiger partial charge in [-0.05, 0) is 58.1 Å². The number of hydrogen-bond acceptors (Lipinski definition) is 5. The number of nitrogens with zero attached hydrogens (tertiary/aromatic N) is 4. The van der Waals surface area contributed by atoms with Gasteiger partial charge in [0, 0.05) is 45.8 Å². The maximum absolute atomic E-state index is 5.52. The largest absolute Gasteiger partial charge is 0.495 e. The zero-order valence-electron chi connectivity index (χ0n) is 18.8. The second-order valence-electron chi connectivity index (χ2n) is 8.10. The van der Waals surface area contributed by atoms with Crippen LogP contribution in [0.5, 0.6) is 5.75 Å². The quantitative estimate of drug-likeness (QED) is 0.244. The average Bonchev–Trinajstić information content (AvgIpc) is 3.11. The van der Waals surface area contributed by atoms with Crippen LogP contribution in [0.4, 0.5) is 5.69 Å². The van der Waals surface area contributed by atoms with Crippen molar-refractivity contribution in [3.8, 4) is 5.75 Å². The maximum atomic E-state index is 5.52. The molecule has 3 rings (SSSR count). The highest BCUT2D eigenvalue weighted by Gasteiger charge is 2.25. The molecule has 0 bridgehead atoms. The van der Waals surface area contributed by atoms with Crippen LogP contribution in [0.3, 0.4) is 0 Å². The van der Waals surface area contributed by atoms with Crippen LogP contribution in [0.25, 0.3) is 0 Å². The summed E-state index contributed by atoms with van der Waals surface area (Å²) in [6, 6.07) is 8.64. The van der Waals surface area contributed by atoms with Gasteiger partial charge in [0.2, 0.25) is 0 Å². The number of nitrogens with one attached hydrogen (secondary N) is 2. The van der Waals surface area contributed by atoms with E-state index in [1.54, 1.807) is 7.11 Å². The van der Waals surface area contributed by atoms with Crippen LogP contribution in [0, 0.1) is 0 Å². The summed E-state index contributed by atoms with van der Waals surface area (Å²) in [5.41, 5.74) is 1.17. The Morgan fingerprint density at radius 3 is 2.80 bits per heavy atom. The van der Waals surface area contributed by atoms with Gasteiger partial charge in [-0.3, -0.25) is 4.99 Å². The lowest BCUT2D eigenvalue weighted by molar-refractivity contribution is 0.274. The number of halogens is 1. The van der Waals surface area contributed by atoms with Crippen molar-refractivity contribution in [2.24, 2.45) is 4.99 Å². The molecule has 2 aliphatic rings. The lowest BCUT2D eigenvalue weighted by atomic mass is 10.2. The summed E-state index contributed by atoms with van der Waals surface area (Å²) in [5.74, 6) is 1.85. The summed E-state index contributed by atoms with van der Waals surface area (Å²) in [7, 11) is 5.81. The number of aliphatic imine (C=N–C) groups is 1. The number of benzene rings is 1. The van der Waals surface area contributed by atoms with Gasteiger partial charge < -0.3 is 30.1 Å². The Morgan fingerprint density at radius 2 is 2.00 bits per heavy atom. The SMILES string of the molecule is CN=C(NCCCN1CCCN(C)CC1)NC1CCN(c2ccccc2OC)C1.I. The molecule has 170 valence electrons. The average molecular weight is 530 g/mol. The minimum atomic E-state index is 0. The molecule has 7 nitrogen and oxygen atoms in total. The lowest BCUT2D eigenvalue weighted by Crippen LogP contribution is -2.45. The second kappa shape index (κ2) is 13.2. The van der Waals surface area contributed by atoms with Gasteiger partial charge in [-0.25, -0.2) is 0 Å². The summed E-state index contributed by atoms with van der Waals surface area (Å²) in [5, 5.41) is 7.09. The molecular weight excluding hydrogens is 491 g/mol. The molecule has 2 fully saturated rings. The zero-order valence-corrected chi connectivity index (χ0v) is 21.1. The number of likely N-dealkylation sites (N-methyl/N-ethyl adjacent to an activating group) is 1. The summed E-state index contributed by atoms with van der Waals surface area (Å²) in [4.78, 5) is 11.8. The Hall–Kier alpha value is -1.26. The maximum Gasteiger partial charge on any atom is 0.191 e. The predicted octanol–water partition coefficient (Wildman–Crippen LogP) is 2.08. The highest BCUT2D eigenvalue weighted by atomic mass is 127. The van der Waals surface area contributed by atoms with Crippen molar-refractivity contribution in [3.05, 3.63) is 24.3 Å². The first kappa shape index (κ1) is 25.0. The standard InChI is InChI=1S/C22H38N6O.HI/c1-23-22(24-11-6-13-27-14-7-12-26(2)16-17-27)25-19-10-15-28(18-19)20-8-4-5-9-21(20)29-3;/h4-5,8-9,19H,6-7,10-18H2,1-3H3,(H2,23,24,25);1H. The van der Waals surface area contributed by atoms with Crippen LogP contribution in [-0.4, -0.2) is 95.4 Å². The van der Waals surface area contributed by atoms with E-state index in [1.807, 2.05) is 19.2 Å². The second-order valence-corrected chi connectivity index (χ2v) is 8.10. The fraction of sp³-hybridized carbons (Fsp3) is 0.682. The highest BCUT2D eigenvalue weighted by molar-refractivity contribution is 14.0. The Balaban J connectivity index is 0.00000320. The third-order valence-corrected chi connectivity index (χ3v) is 5.93. The van der Waals surface area contributed by atoms with Crippen LogP contribution in [0.15, 0.2) is 29.3 Å². The Morgan fingerprint density at radius 1 is 1.17 bits per heavy atom. The van der Waals surface area contributed by atoms with Crippen molar-refractivity contribution in [2.75, 3.05) is 78.5 Å². The molecule has 2 heterocycles. The van der Waals surface area contributed by atoms with Crippen molar-refractivity contribution < 1.29 is 4.74 Å². The van der Waals surface area contributed by atoms with E-state index in [0.717, 1.165) is 50.7 Å². The van der Waals surface area contributed by atoms with Gasteiger partial charge in [-0.2, -0.15) is 0 Å². The fourth-order valence-corrected chi connectivity index (χ4v) is 4.21. The van der Waals surface area contributed by atoms with Crippen LogP contribution < -0.4 is 20.3 Å². The molecule has 2 N–H and O–H groups in total. The minimum Gasteiger partial charge on any atom is -0.495 e. The third kappa shape index (κ3) is 7.46. The van der Waals surface area contributed by atoms with Crippen LogP contribution >= 0.6 is 24.0 Å². The molecular formula is C22H39IN6O. The molecule has 1 aromatic rings. The van der Waals surface area contributed by atoms with E-state index >= 15 is 0 Å². The number of guanidine groups is 1. The van der Waals surface area contributed by atoms with Gasteiger partial charge >= 0.3 is 0 Å². The smallest absolute Gasteiger partial charge is 0.191 e. The van der Waals surface area contributed by atoms with E-state index in [2.05, 4.69) is 49.5 Å². The Kier molecular flexibility index (Phi) is 11.0. The number of rotatable bonds is 7. The fourth-order valence-electron chi connectivity index (χ4n) is 4.21. The molecule has 0 spiro atoms. The van der Waals surface area contributed by atoms with Crippen molar-refractivity contribution in [3.63, 3.8) is 0 Å². The molecule has 0 aliphatic carbocycles. The van der Waals surface area contributed by atoms with E-state index in [1.165, 1.54) is 38.3 Å². The van der Waals surface area contributed by atoms with Gasteiger partial charge in [-0.1, -0.05) is 12.1 Å². The van der Waals surface area contributed by atoms with Gasteiger partial charge in [0.1, 0.15) is 5.75 Å². The molecule has 8 heteroatoms. The summed E-state index contributed by atoms with van der Waals surface area (Å²) in [6.07, 6.45) is 3.51. The molecule has 1 atom stereocenters.